The van der Waals surface area contributed by atoms with E-state index in [1.165, 1.54) is 0 Å². The fourth-order valence-corrected chi connectivity index (χ4v) is 2.21. The molecule has 0 amide bonds. The Morgan fingerprint density at radius 3 is 2.54 bits per heavy atom. The van der Waals surface area contributed by atoms with Gasteiger partial charge in [-0.25, -0.2) is 4.79 Å². The lowest BCUT2D eigenvalue weighted by atomic mass is 9.78. The zero-order chi connectivity index (χ0) is 10.0. The SMILES string of the molecule is CC(C(=O)O)=C1CCC(C)CC1C. The van der Waals surface area contributed by atoms with Crippen LogP contribution in [0.1, 0.15) is 40.0 Å². The Hall–Kier alpha value is -0.790. The highest BCUT2D eigenvalue weighted by atomic mass is 16.4. The molecule has 0 bridgehead atoms. The summed E-state index contributed by atoms with van der Waals surface area (Å²) in [6.07, 6.45) is 3.25. The van der Waals surface area contributed by atoms with Crippen molar-refractivity contribution in [1.82, 2.24) is 0 Å². The molecule has 0 radical (unpaired) electrons. The van der Waals surface area contributed by atoms with Gasteiger partial charge >= 0.3 is 5.97 Å². The van der Waals surface area contributed by atoms with Crippen molar-refractivity contribution in [3.63, 3.8) is 0 Å². The minimum Gasteiger partial charge on any atom is -0.478 e. The summed E-state index contributed by atoms with van der Waals surface area (Å²) >= 11 is 0. The Balaban J connectivity index is 2.81. The van der Waals surface area contributed by atoms with Crippen molar-refractivity contribution in [3.8, 4) is 0 Å². The van der Waals surface area contributed by atoms with E-state index in [0.29, 0.717) is 11.5 Å². The third-order valence-corrected chi connectivity index (χ3v) is 3.06. The fraction of sp³-hybridized carbons (Fsp3) is 0.727. The van der Waals surface area contributed by atoms with Crippen molar-refractivity contribution in [2.45, 2.75) is 40.0 Å². The Morgan fingerprint density at radius 2 is 2.08 bits per heavy atom. The zero-order valence-electron chi connectivity index (χ0n) is 8.63. The predicted molar refractivity (Wildman–Crippen MR) is 52.5 cm³/mol. The maximum Gasteiger partial charge on any atom is 0.331 e. The summed E-state index contributed by atoms with van der Waals surface area (Å²) in [5.74, 6) is 0.455. The fourth-order valence-electron chi connectivity index (χ4n) is 2.21. The Morgan fingerprint density at radius 1 is 1.46 bits per heavy atom. The zero-order valence-corrected chi connectivity index (χ0v) is 8.63. The van der Waals surface area contributed by atoms with Crippen LogP contribution in [0, 0.1) is 11.8 Å². The summed E-state index contributed by atoms with van der Waals surface area (Å²) in [6.45, 7) is 6.10. The molecule has 0 heterocycles. The van der Waals surface area contributed by atoms with Gasteiger partial charge in [-0.3, -0.25) is 0 Å². The van der Waals surface area contributed by atoms with Crippen molar-refractivity contribution in [3.05, 3.63) is 11.1 Å². The van der Waals surface area contributed by atoms with E-state index in [-0.39, 0.29) is 0 Å². The number of carboxylic acids is 1. The van der Waals surface area contributed by atoms with Gasteiger partial charge in [-0.15, -0.1) is 0 Å². The topological polar surface area (TPSA) is 37.3 Å². The van der Waals surface area contributed by atoms with Gasteiger partial charge < -0.3 is 5.11 Å². The van der Waals surface area contributed by atoms with E-state index in [9.17, 15) is 4.79 Å². The number of carbonyl (C=O) groups is 1. The standard InChI is InChI=1S/C11H18O2/c1-7-4-5-10(8(2)6-7)9(3)11(12)13/h7-8H,4-6H2,1-3H3,(H,12,13). The third kappa shape index (κ3) is 2.33. The van der Waals surface area contributed by atoms with Gasteiger partial charge in [0.2, 0.25) is 0 Å². The van der Waals surface area contributed by atoms with E-state index in [1.54, 1.807) is 6.92 Å². The summed E-state index contributed by atoms with van der Waals surface area (Å²) in [4.78, 5) is 10.8. The van der Waals surface area contributed by atoms with Gasteiger partial charge in [-0.2, -0.15) is 0 Å². The Kier molecular flexibility index (Phi) is 3.12. The largest absolute Gasteiger partial charge is 0.478 e. The molecule has 0 aliphatic heterocycles. The summed E-state index contributed by atoms with van der Waals surface area (Å²) < 4.78 is 0. The minimum absolute atomic E-state index is 0.458. The van der Waals surface area contributed by atoms with Gasteiger partial charge in [-0.05, 0) is 38.0 Å². The monoisotopic (exact) mass is 182 g/mol. The van der Waals surface area contributed by atoms with E-state index in [4.69, 9.17) is 5.11 Å². The van der Waals surface area contributed by atoms with Crippen LogP contribution in [0.5, 0.6) is 0 Å². The maximum absolute atomic E-state index is 10.8. The number of aliphatic carboxylic acids is 1. The number of hydrogen-bond donors (Lipinski definition) is 1. The number of carboxylic acid groups (broad SMARTS) is 1. The first-order valence-electron chi connectivity index (χ1n) is 4.95. The summed E-state index contributed by atoms with van der Waals surface area (Å²) in [6, 6.07) is 0. The second kappa shape index (κ2) is 3.95. The van der Waals surface area contributed by atoms with Crippen molar-refractivity contribution in [2.75, 3.05) is 0 Å². The van der Waals surface area contributed by atoms with Gasteiger partial charge in [0.15, 0.2) is 0 Å². The molecule has 0 aromatic heterocycles. The summed E-state index contributed by atoms with van der Waals surface area (Å²) in [7, 11) is 0. The first-order chi connectivity index (χ1) is 6.02. The third-order valence-electron chi connectivity index (χ3n) is 3.06. The maximum atomic E-state index is 10.8. The normalized spacial score (nSPS) is 32.8. The highest BCUT2D eigenvalue weighted by Crippen LogP contribution is 2.34. The lowest BCUT2D eigenvalue weighted by molar-refractivity contribution is -0.132. The van der Waals surface area contributed by atoms with Crippen molar-refractivity contribution in [2.24, 2.45) is 11.8 Å². The molecule has 13 heavy (non-hydrogen) atoms. The van der Waals surface area contributed by atoms with E-state index >= 15 is 0 Å². The van der Waals surface area contributed by atoms with Crippen LogP contribution in [-0.2, 0) is 4.79 Å². The van der Waals surface area contributed by atoms with Gasteiger partial charge in [0.25, 0.3) is 0 Å². The molecule has 74 valence electrons. The van der Waals surface area contributed by atoms with E-state index < -0.39 is 5.97 Å². The van der Waals surface area contributed by atoms with Crippen LogP contribution >= 0.6 is 0 Å². The molecule has 1 saturated carbocycles. The van der Waals surface area contributed by atoms with E-state index in [2.05, 4.69) is 13.8 Å². The molecule has 0 saturated heterocycles. The number of allylic oxidation sites excluding steroid dienone is 1. The highest BCUT2D eigenvalue weighted by Gasteiger charge is 2.22. The molecule has 1 N–H and O–H groups in total. The average molecular weight is 182 g/mol. The molecule has 0 aromatic carbocycles. The van der Waals surface area contributed by atoms with Crippen LogP contribution in [0.15, 0.2) is 11.1 Å². The molecule has 2 unspecified atom stereocenters. The van der Waals surface area contributed by atoms with Crippen LogP contribution in [0.4, 0.5) is 0 Å². The lowest BCUT2D eigenvalue weighted by Gasteiger charge is -2.27. The second-order valence-electron chi connectivity index (χ2n) is 4.24. The smallest absolute Gasteiger partial charge is 0.331 e. The van der Waals surface area contributed by atoms with Crippen LogP contribution in [0.25, 0.3) is 0 Å². The van der Waals surface area contributed by atoms with E-state index in [1.807, 2.05) is 0 Å². The molecule has 0 spiro atoms. The number of rotatable bonds is 1. The van der Waals surface area contributed by atoms with Crippen LogP contribution in [-0.4, -0.2) is 11.1 Å². The second-order valence-corrected chi connectivity index (χ2v) is 4.24. The number of hydrogen-bond acceptors (Lipinski definition) is 1. The van der Waals surface area contributed by atoms with Crippen molar-refractivity contribution < 1.29 is 9.90 Å². The van der Waals surface area contributed by atoms with Crippen LogP contribution in [0.2, 0.25) is 0 Å². The van der Waals surface area contributed by atoms with Gasteiger partial charge in [0, 0.05) is 5.57 Å². The Bertz CT molecular complexity index is 240. The van der Waals surface area contributed by atoms with E-state index in [0.717, 1.165) is 30.8 Å². The summed E-state index contributed by atoms with van der Waals surface area (Å²) in [5, 5.41) is 8.86. The molecule has 2 nitrogen and oxygen atoms in total. The van der Waals surface area contributed by atoms with Crippen LogP contribution in [0.3, 0.4) is 0 Å². The van der Waals surface area contributed by atoms with Gasteiger partial charge in [0.1, 0.15) is 0 Å². The van der Waals surface area contributed by atoms with Gasteiger partial charge in [-0.1, -0.05) is 19.4 Å². The van der Waals surface area contributed by atoms with Crippen molar-refractivity contribution >= 4 is 5.97 Å². The van der Waals surface area contributed by atoms with Crippen molar-refractivity contribution in [1.29, 1.82) is 0 Å². The molecule has 0 aromatic rings. The average Bonchev–Trinajstić information content (AvgIpc) is 2.03. The molecular formula is C11H18O2. The predicted octanol–water partition coefficient (Wildman–Crippen LogP) is 2.84. The molecular weight excluding hydrogens is 164 g/mol. The molecule has 1 fully saturated rings. The van der Waals surface area contributed by atoms with Gasteiger partial charge in [0.05, 0.1) is 0 Å². The summed E-state index contributed by atoms with van der Waals surface area (Å²) in [5.41, 5.74) is 1.73. The quantitative estimate of drug-likeness (QED) is 0.633. The molecule has 2 atom stereocenters. The Labute approximate surface area is 79.6 Å². The molecule has 1 rings (SSSR count). The lowest BCUT2D eigenvalue weighted by Crippen LogP contribution is -2.16. The first kappa shape index (κ1) is 10.3. The molecule has 1 aliphatic carbocycles. The molecule has 2 heteroatoms. The highest BCUT2D eigenvalue weighted by molar-refractivity contribution is 5.86. The first-order valence-corrected chi connectivity index (χ1v) is 4.95. The molecule has 1 aliphatic rings. The van der Waals surface area contributed by atoms with Crippen LogP contribution < -0.4 is 0 Å². The minimum atomic E-state index is -0.753.